The number of imidazole rings is 1. The summed E-state index contributed by atoms with van der Waals surface area (Å²) in [6, 6.07) is 8.12. The van der Waals surface area contributed by atoms with Gasteiger partial charge >= 0.3 is 0 Å². The van der Waals surface area contributed by atoms with E-state index < -0.39 is 0 Å². The number of nitrogens with one attached hydrogen (secondary N) is 2. The van der Waals surface area contributed by atoms with Crippen LogP contribution in [0.25, 0.3) is 11.0 Å². The predicted molar refractivity (Wildman–Crippen MR) is 86.4 cm³/mol. The van der Waals surface area contributed by atoms with Crippen LogP contribution in [0.15, 0.2) is 24.3 Å². The van der Waals surface area contributed by atoms with E-state index >= 15 is 0 Å². The zero-order valence-electron chi connectivity index (χ0n) is 12.1. The average Bonchev–Trinajstić information content (AvgIpc) is 3.14. The van der Waals surface area contributed by atoms with Crippen molar-refractivity contribution >= 4 is 28.7 Å². The minimum Gasteiger partial charge on any atom is -0.354 e. The molecule has 0 saturated carbocycles. The van der Waals surface area contributed by atoms with Crippen molar-refractivity contribution in [3.63, 3.8) is 0 Å². The van der Waals surface area contributed by atoms with Crippen LogP contribution in [0.3, 0.4) is 0 Å². The zero-order chi connectivity index (χ0) is 14.7. The maximum absolute atomic E-state index is 11.9. The highest BCUT2D eigenvalue weighted by atomic mass is 32.2. The van der Waals surface area contributed by atoms with Gasteiger partial charge in [0.2, 0.25) is 5.91 Å². The standard InChI is InChI=1S/C15H20N4OS/c1-2-19-13-6-4-3-5-11(13)18-14(19)7-8-16-15(20)12-9-21-10-17-12/h3-6,12,17H,2,7-10H2,1H3,(H,16,20). The molecule has 0 spiro atoms. The first-order valence-corrected chi connectivity index (χ1v) is 8.48. The molecular formula is C15H20N4OS. The Morgan fingerprint density at radius 2 is 2.38 bits per heavy atom. The normalized spacial score (nSPS) is 18.2. The van der Waals surface area contributed by atoms with Gasteiger partial charge in [0, 0.05) is 31.1 Å². The quantitative estimate of drug-likeness (QED) is 0.876. The second-order valence-corrected chi connectivity index (χ2v) is 6.10. The molecule has 2 heterocycles. The number of carbonyl (C=O) groups is 1. The Labute approximate surface area is 128 Å². The van der Waals surface area contributed by atoms with Crippen molar-refractivity contribution in [1.82, 2.24) is 20.2 Å². The van der Waals surface area contributed by atoms with Gasteiger partial charge in [-0.2, -0.15) is 0 Å². The maximum Gasteiger partial charge on any atom is 0.238 e. The lowest BCUT2D eigenvalue weighted by Gasteiger charge is -2.11. The number of hydrogen-bond acceptors (Lipinski definition) is 4. The molecule has 1 aromatic carbocycles. The zero-order valence-corrected chi connectivity index (χ0v) is 12.9. The Kier molecular flexibility index (Phi) is 4.45. The molecule has 1 atom stereocenters. The second-order valence-electron chi connectivity index (χ2n) is 5.07. The minimum absolute atomic E-state index is 0.0417. The van der Waals surface area contributed by atoms with Gasteiger partial charge in [0.05, 0.1) is 17.1 Å². The van der Waals surface area contributed by atoms with Gasteiger partial charge in [0.1, 0.15) is 5.82 Å². The topological polar surface area (TPSA) is 59.0 Å². The summed E-state index contributed by atoms with van der Waals surface area (Å²) < 4.78 is 2.21. The first-order chi connectivity index (χ1) is 10.3. The van der Waals surface area contributed by atoms with Gasteiger partial charge in [-0.05, 0) is 19.1 Å². The highest BCUT2D eigenvalue weighted by Gasteiger charge is 2.22. The van der Waals surface area contributed by atoms with E-state index in [2.05, 4.69) is 33.2 Å². The molecule has 21 heavy (non-hydrogen) atoms. The van der Waals surface area contributed by atoms with E-state index in [0.717, 1.165) is 41.5 Å². The van der Waals surface area contributed by atoms with Gasteiger partial charge in [0.25, 0.3) is 0 Å². The fourth-order valence-electron chi connectivity index (χ4n) is 2.65. The number of benzene rings is 1. The van der Waals surface area contributed by atoms with Crippen LogP contribution in [-0.2, 0) is 17.8 Å². The first kappa shape index (κ1) is 14.4. The van der Waals surface area contributed by atoms with E-state index in [0.29, 0.717) is 6.54 Å². The smallest absolute Gasteiger partial charge is 0.238 e. The van der Waals surface area contributed by atoms with E-state index in [9.17, 15) is 4.79 Å². The van der Waals surface area contributed by atoms with E-state index in [4.69, 9.17) is 0 Å². The number of carbonyl (C=O) groups excluding carboxylic acids is 1. The van der Waals surface area contributed by atoms with Crippen LogP contribution in [0.2, 0.25) is 0 Å². The lowest BCUT2D eigenvalue weighted by Crippen LogP contribution is -2.42. The summed E-state index contributed by atoms with van der Waals surface area (Å²) in [6.07, 6.45) is 0.758. The highest BCUT2D eigenvalue weighted by molar-refractivity contribution is 7.99. The van der Waals surface area contributed by atoms with Gasteiger partial charge in [-0.3, -0.25) is 10.1 Å². The van der Waals surface area contributed by atoms with Gasteiger partial charge in [0.15, 0.2) is 0 Å². The summed E-state index contributed by atoms with van der Waals surface area (Å²) in [6.45, 7) is 3.64. The Morgan fingerprint density at radius 1 is 1.52 bits per heavy atom. The monoisotopic (exact) mass is 304 g/mol. The SMILES string of the molecule is CCn1c(CCNC(=O)C2CSCN2)nc2ccccc21. The molecular weight excluding hydrogens is 284 g/mol. The van der Waals surface area contributed by atoms with Gasteiger partial charge in [-0.25, -0.2) is 4.98 Å². The average molecular weight is 304 g/mol. The maximum atomic E-state index is 11.9. The van der Waals surface area contributed by atoms with Gasteiger partial charge in [-0.15, -0.1) is 11.8 Å². The number of para-hydroxylation sites is 2. The van der Waals surface area contributed by atoms with Crippen molar-refractivity contribution in [3.8, 4) is 0 Å². The van der Waals surface area contributed by atoms with Crippen LogP contribution in [0.4, 0.5) is 0 Å². The van der Waals surface area contributed by atoms with Crippen LogP contribution in [-0.4, -0.2) is 39.7 Å². The largest absolute Gasteiger partial charge is 0.354 e. The molecule has 1 amide bonds. The number of aryl methyl sites for hydroxylation is 1. The fourth-order valence-corrected chi connectivity index (χ4v) is 3.60. The lowest BCUT2D eigenvalue weighted by atomic mass is 10.3. The summed E-state index contributed by atoms with van der Waals surface area (Å²) in [5.41, 5.74) is 2.18. The van der Waals surface area contributed by atoms with E-state index in [-0.39, 0.29) is 11.9 Å². The second kappa shape index (κ2) is 6.49. The van der Waals surface area contributed by atoms with Crippen LogP contribution < -0.4 is 10.6 Å². The molecule has 2 aromatic rings. The van der Waals surface area contributed by atoms with Crippen molar-refractivity contribution in [3.05, 3.63) is 30.1 Å². The summed E-state index contributed by atoms with van der Waals surface area (Å²) in [4.78, 5) is 16.6. The first-order valence-electron chi connectivity index (χ1n) is 7.32. The molecule has 0 aliphatic carbocycles. The third-order valence-corrected chi connectivity index (χ3v) is 4.67. The number of thioether (sulfide) groups is 1. The molecule has 1 aliphatic heterocycles. The van der Waals surface area contributed by atoms with Crippen molar-refractivity contribution in [2.24, 2.45) is 0 Å². The molecule has 1 aromatic heterocycles. The molecule has 1 unspecified atom stereocenters. The summed E-state index contributed by atoms with van der Waals surface area (Å²) >= 11 is 1.76. The van der Waals surface area contributed by atoms with Crippen LogP contribution in [0.1, 0.15) is 12.7 Å². The van der Waals surface area contributed by atoms with Gasteiger partial charge in [-0.1, -0.05) is 12.1 Å². The molecule has 1 fully saturated rings. The van der Waals surface area contributed by atoms with Crippen LogP contribution in [0, 0.1) is 0 Å². The minimum atomic E-state index is -0.0417. The molecule has 1 aliphatic rings. The predicted octanol–water partition coefficient (Wildman–Crippen LogP) is 1.38. The number of amides is 1. The molecule has 1 saturated heterocycles. The third-order valence-electron chi connectivity index (χ3n) is 3.73. The van der Waals surface area contributed by atoms with Crippen molar-refractivity contribution in [2.45, 2.75) is 25.9 Å². The Hall–Kier alpha value is -1.53. The fraction of sp³-hybridized carbons (Fsp3) is 0.467. The lowest BCUT2D eigenvalue weighted by molar-refractivity contribution is -0.122. The molecule has 6 heteroatoms. The number of hydrogen-bond donors (Lipinski definition) is 2. The molecule has 0 radical (unpaired) electrons. The van der Waals surface area contributed by atoms with Crippen LogP contribution in [0.5, 0.6) is 0 Å². The van der Waals surface area contributed by atoms with E-state index in [1.807, 2.05) is 18.2 Å². The van der Waals surface area contributed by atoms with E-state index in [1.165, 1.54) is 0 Å². The molecule has 5 nitrogen and oxygen atoms in total. The summed E-state index contributed by atoms with van der Waals surface area (Å²) in [5, 5.41) is 6.18. The third kappa shape index (κ3) is 3.06. The molecule has 112 valence electrons. The summed E-state index contributed by atoms with van der Waals surface area (Å²) in [7, 11) is 0. The van der Waals surface area contributed by atoms with Gasteiger partial charge < -0.3 is 9.88 Å². The highest BCUT2D eigenvalue weighted by Crippen LogP contribution is 2.16. The molecule has 0 bridgehead atoms. The number of fused-ring (bicyclic) bond motifs is 1. The van der Waals surface area contributed by atoms with Crippen molar-refractivity contribution in [1.29, 1.82) is 0 Å². The number of nitrogens with zero attached hydrogens (tertiary/aromatic N) is 2. The molecule has 3 rings (SSSR count). The Balaban J connectivity index is 1.63. The van der Waals surface area contributed by atoms with Crippen LogP contribution >= 0.6 is 11.8 Å². The molecule has 2 N–H and O–H groups in total. The number of aromatic nitrogens is 2. The van der Waals surface area contributed by atoms with Crippen molar-refractivity contribution < 1.29 is 4.79 Å². The Morgan fingerprint density at radius 3 is 3.14 bits per heavy atom. The van der Waals surface area contributed by atoms with E-state index in [1.54, 1.807) is 11.8 Å². The number of rotatable bonds is 5. The summed E-state index contributed by atoms with van der Waals surface area (Å²) in [5.74, 6) is 2.86. The van der Waals surface area contributed by atoms with Crippen molar-refractivity contribution in [2.75, 3.05) is 18.2 Å². The Bertz CT molecular complexity index is 634.